The first kappa shape index (κ1) is 26.2. The second-order valence-electron chi connectivity index (χ2n) is 11.0. The Balaban J connectivity index is 1.74. The highest BCUT2D eigenvalue weighted by Crippen LogP contribution is 2.61. The molecule has 7 heteroatoms. The number of esters is 2. The Morgan fingerprint density at radius 1 is 0.675 bits per heavy atom. The van der Waals surface area contributed by atoms with Crippen LogP contribution in [-0.4, -0.2) is 68.9 Å². The van der Waals surface area contributed by atoms with Gasteiger partial charge in [0.1, 0.15) is 0 Å². The van der Waals surface area contributed by atoms with Crippen LogP contribution in [0.3, 0.4) is 0 Å². The molecule has 2 heterocycles. The van der Waals surface area contributed by atoms with Crippen molar-refractivity contribution in [2.45, 2.75) is 12.1 Å². The van der Waals surface area contributed by atoms with Gasteiger partial charge in [-0.05, 0) is 46.8 Å². The molecule has 0 aromatic heterocycles. The summed E-state index contributed by atoms with van der Waals surface area (Å²) in [4.78, 5) is 47.0. The van der Waals surface area contributed by atoms with Gasteiger partial charge in [-0.3, -0.25) is 19.3 Å². The minimum Gasteiger partial charge on any atom is -0.468 e. The Labute approximate surface area is 233 Å². The molecule has 0 radical (unpaired) electrons. The number of ether oxygens (including phenoxy) is 2. The van der Waals surface area contributed by atoms with Crippen LogP contribution >= 0.6 is 0 Å². The molecule has 7 nitrogen and oxygen atoms in total. The van der Waals surface area contributed by atoms with Gasteiger partial charge >= 0.3 is 11.9 Å². The molecule has 6 rings (SSSR count). The lowest BCUT2D eigenvalue weighted by Gasteiger charge is -2.61. The topological polar surface area (TPSA) is 76.1 Å². The average molecular weight is 537 g/mol. The molecule has 0 saturated carbocycles. The third kappa shape index (κ3) is 3.41. The maximum Gasteiger partial charge on any atom is 0.322 e. The SMILES string of the molecule is COC(=O)[C@@]12CN(C)C[C@@](C(=O)OC)(C1=O)C(c1cccc3ccccc13)N(C)C2c1cccc2ccccc12. The highest BCUT2D eigenvalue weighted by atomic mass is 16.5. The van der Waals surface area contributed by atoms with Gasteiger partial charge in [0.05, 0.1) is 26.3 Å². The second-order valence-corrected chi connectivity index (χ2v) is 11.0. The van der Waals surface area contributed by atoms with E-state index in [0.29, 0.717) is 0 Å². The lowest BCUT2D eigenvalue weighted by molar-refractivity contribution is -0.202. The predicted molar refractivity (Wildman–Crippen MR) is 153 cm³/mol. The van der Waals surface area contributed by atoms with Gasteiger partial charge in [0.2, 0.25) is 0 Å². The van der Waals surface area contributed by atoms with Crippen molar-refractivity contribution >= 4 is 39.3 Å². The van der Waals surface area contributed by atoms with E-state index in [1.54, 1.807) is 0 Å². The Bertz CT molecular complexity index is 1540. The number of Topliss-reactive ketones (excluding diaryl/α,β-unsaturated/α-hetero) is 1. The number of likely N-dealkylation sites (tertiary alicyclic amines) is 2. The molecule has 2 unspecified atom stereocenters. The molecule has 0 spiro atoms. The number of methoxy groups -OCH3 is 2. The minimum atomic E-state index is -1.67. The van der Waals surface area contributed by atoms with Crippen molar-refractivity contribution < 1.29 is 23.9 Å². The fraction of sp³-hybridized carbons (Fsp3) is 0.303. The third-order valence-electron chi connectivity index (χ3n) is 8.93. The summed E-state index contributed by atoms with van der Waals surface area (Å²) >= 11 is 0. The summed E-state index contributed by atoms with van der Waals surface area (Å²) in [5.74, 6) is -1.76. The molecule has 2 aliphatic heterocycles. The summed E-state index contributed by atoms with van der Waals surface area (Å²) in [5.41, 5.74) is -1.68. The van der Waals surface area contributed by atoms with E-state index >= 15 is 4.79 Å². The molecular weight excluding hydrogens is 504 g/mol. The molecular formula is C33H32N2O5. The van der Waals surface area contributed by atoms with Crippen molar-refractivity contribution in [1.29, 1.82) is 0 Å². The Hall–Kier alpha value is -4.07. The van der Waals surface area contributed by atoms with Crippen LogP contribution in [0.1, 0.15) is 23.2 Å². The van der Waals surface area contributed by atoms with Gasteiger partial charge in [-0.1, -0.05) is 84.9 Å². The van der Waals surface area contributed by atoms with E-state index in [9.17, 15) is 9.59 Å². The fourth-order valence-electron chi connectivity index (χ4n) is 7.56. The van der Waals surface area contributed by atoms with E-state index in [1.165, 1.54) is 14.2 Å². The molecule has 40 heavy (non-hydrogen) atoms. The van der Waals surface area contributed by atoms with Gasteiger partial charge in [-0.2, -0.15) is 0 Å². The van der Waals surface area contributed by atoms with Crippen LogP contribution < -0.4 is 0 Å². The third-order valence-corrected chi connectivity index (χ3v) is 8.93. The minimum absolute atomic E-state index is 0.109. The van der Waals surface area contributed by atoms with Crippen molar-refractivity contribution in [2.24, 2.45) is 10.8 Å². The molecule has 2 saturated heterocycles. The first-order chi connectivity index (χ1) is 19.3. The zero-order valence-electron chi connectivity index (χ0n) is 23.1. The van der Waals surface area contributed by atoms with Crippen LogP contribution in [0.25, 0.3) is 21.5 Å². The lowest BCUT2D eigenvalue weighted by atomic mass is 9.53. The van der Waals surface area contributed by atoms with Gasteiger partial charge in [-0.15, -0.1) is 0 Å². The van der Waals surface area contributed by atoms with Gasteiger partial charge < -0.3 is 14.4 Å². The van der Waals surface area contributed by atoms with Crippen LogP contribution in [0.15, 0.2) is 84.9 Å². The number of ketones is 1. The number of fused-ring (bicyclic) bond motifs is 4. The summed E-state index contributed by atoms with van der Waals surface area (Å²) in [7, 11) is 6.35. The van der Waals surface area contributed by atoms with E-state index in [2.05, 4.69) is 0 Å². The molecule has 204 valence electrons. The van der Waals surface area contributed by atoms with E-state index in [-0.39, 0.29) is 13.1 Å². The fourth-order valence-corrected chi connectivity index (χ4v) is 7.56. The standard InChI is InChI=1S/C33H32N2O5/c1-34-19-32(30(37)39-3)27(25-17-9-13-21-11-5-7-15-23(21)25)35(2)28(33(20-34,29(32)36)31(38)40-4)26-18-10-14-22-12-6-8-16-24(22)26/h5-18,27-28H,19-20H2,1-4H3/t27?,28?,32-,33+. The number of rotatable bonds is 4. The van der Waals surface area contributed by atoms with Crippen molar-refractivity contribution in [3.63, 3.8) is 0 Å². The van der Waals surface area contributed by atoms with Gasteiger partial charge in [-0.25, -0.2) is 0 Å². The second kappa shape index (κ2) is 9.54. The Morgan fingerprint density at radius 2 is 1.07 bits per heavy atom. The molecule has 2 fully saturated rings. The van der Waals surface area contributed by atoms with Gasteiger partial charge in [0, 0.05) is 13.1 Å². The number of carbonyl (C=O) groups excluding carboxylic acids is 3. The molecule has 4 atom stereocenters. The summed E-state index contributed by atoms with van der Waals surface area (Å²) in [6.45, 7) is 0.218. The van der Waals surface area contributed by atoms with Crippen molar-refractivity contribution in [3.8, 4) is 0 Å². The molecule has 2 aliphatic rings. The number of hydrogen-bond donors (Lipinski definition) is 0. The van der Waals surface area contributed by atoms with E-state index in [1.807, 2.05) is 109 Å². The maximum atomic E-state index is 15.1. The zero-order chi connectivity index (χ0) is 28.2. The molecule has 4 aromatic rings. The number of piperidine rings is 2. The first-order valence-electron chi connectivity index (χ1n) is 13.4. The molecule has 2 bridgehead atoms. The molecule has 0 N–H and O–H groups in total. The van der Waals surface area contributed by atoms with E-state index in [0.717, 1.165) is 32.7 Å². The summed E-state index contributed by atoms with van der Waals surface area (Å²) in [6, 6.07) is 26.3. The number of hydrogen-bond acceptors (Lipinski definition) is 7. The normalized spacial score (nSPS) is 27.1. The molecule has 0 amide bonds. The Kier molecular flexibility index (Phi) is 6.24. The van der Waals surface area contributed by atoms with Crippen LogP contribution in [0.5, 0.6) is 0 Å². The zero-order valence-corrected chi connectivity index (χ0v) is 23.1. The number of benzene rings is 4. The molecule has 4 aromatic carbocycles. The first-order valence-corrected chi connectivity index (χ1v) is 13.4. The maximum absolute atomic E-state index is 15.1. The van der Waals surface area contributed by atoms with Crippen LogP contribution in [0, 0.1) is 10.8 Å². The average Bonchev–Trinajstić information content (AvgIpc) is 2.98. The van der Waals surface area contributed by atoms with Crippen molar-refractivity contribution in [1.82, 2.24) is 9.80 Å². The van der Waals surface area contributed by atoms with Crippen LogP contribution in [0.2, 0.25) is 0 Å². The van der Waals surface area contributed by atoms with E-state index < -0.39 is 40.6 Å². The summed E-state index contributed by atoms with van der Waals surface area (Å²) in [6.07, 6.45) is 0. The van der Waals surface area contributed by atoms with Crippen LogP contribution in [-0.2, 0) is 23.9 Å². The largest absolute Gasteiger partial charge is 0.468 e. The van der Waals surface area contributed by atoms with E-state index in [4.69, 9.17) is 9.47 Å². The quantitative estimate of drug-likeness (QED) is 0.280. The van der Waals surface area contributed by atoms with Crippen molar-refractivity contribution in [3.05, 3.63) is 96.1 Å². The van der Waals surface area contributed by atoms with Crippen molar-refractivity contribution in [2.75, 3.05) is 41.4 Å². The Morgan fingerprint density at radius 3 is 1.50 bits per heavy atom. The smallest absolute Gasteiger partial charge is 0.322 e. The summed E-state index contributed by atoms with van der Waals surface area (Å²) < 4.78 is 10.8. The number of carbonyl (C=O) groups is 3. The van der Waals surface area contributed by atoms with Gasteiger partial charge in [0.15, 0.2) is 16.6 Å². The number of nitrogens with zero attached hydrogens (tertiary/aromatic N) is 2. The predicted octanol–water partition coefficient (Wildman–Crippen LogP) is 4.55. The highest BCUT2D eigenvalue weighted by molar-refractivity contribution is 6.18. The van der Waals surface area contributed by atoms with Crippen LogP contribution in [0.4, 0.5) is 0 Å². The highest BCUT2D eigenvalue weighted by Gasteiger charge is 2.74. The monoisotopic (exact) mass is 536 g/mol. The van der Waals surface area contributed by atoms with Gasteiger partial charge in [0.25, 0.3) is 0 Å². The molecule has 0 aliphatic carbocycles. The lowest BCUT2D eigenvalue weighted by Crippen LogP contribution is -2.75. The summed E-state index contributed by atoms with van der Waals surface area (Å²) in [5, 5.41) is 3.87.